The van der Waals surface area contributed by atoms with Crippen LogP contribution in [0.1, 0.15) is 51.7 Å². The molecule has 6 atom stereocenters. The van der Waals surface area contributed by atoms with E-state index in [9.17, 15) is 29.4 Å². The number of hydrogen-bond donors (Lipinski definition) is 6. The topological polar surface area (TPSA) is 171 Å². The number of carbonyl (C=O) groups excluding carboxylic acids is 3. The zero-order valence-electron chi connectivity index (χ0n) is 23.6. The van der Waals surface area contributed by atoms with Gasteiger partial charge in [0.25, 0.3) is 0 Å². The molecule has 10 heteroatoms. The molecule has 40 heavy (non-hydrogen) atoms. The lowest BCUT2D eigenvalue weighted by Gasteiger charge is -2.30. The van der Waals surface area contributed by atoms with E-state index in [4.69, 9.17) is 5.73 Å². The first-order valence-electron chi connectivity index (χ1n) is 13.7. The highest BCUT2D eigenvalue weighted by atomic mass is 16.4. The van der Waals surface area contributed by atoms with Gasteiger partial charge in [-0.3, -0.25) is 14.4 Å². The first-order valence-corrected chi connectivity index (χ1v) is 13.7. The van der Waals surface area contributed by atoms with Gasteiger partial charge in [-0.25, -0.2) is 4.79 Å². The highest BCUT2D eigenvalue weighted by Crippen LogP contribution is 2.15. The van der Waals surface area contributed by atoms with Gasteiger partial charge in [0.05, 0.1) is 6.04 Å². The second-order valence-electron chi connectivity index (χ2n) is 10.3. The molecule has 0 saturated heterocycles. The fourth-order valence-corrected chi connectivity index (χ4v) is 4.20. The summed E-state index contributed by atoms with van der Waals surface area (Å²) in [6.45, 7) is 7.36. The van der Waals surface area contributed by atoms with Crippen molar-refractivity contribution in [3.05, 3.63) is 65.7 Å². The van der Waals surface area contributed by atoms with E-state index in [1.165, 1.54) is 12.1 Å². The Kier molecular flexibility index (Phi) is 12.6. The Bertz CT molecular complexity index is 1120. The van der Waals surface area contributed by atoms with E-state index in [1.54, 1.807) is 43.3 Å². The molecule has 218 valence electrons. The summed E-state index contributed by atoms with van der Waals surface area (Å²) in [5, 5.41) is 27.3. The van der Waals surface area contributed by atoms with Crippen molar-refractivity contribution in [2.45, 2.75) is 77.5 Å². The molecule has 3 amide bonds. The van der Waals surface area contributed by atoms with Gasteiger partial charge in [-0.2, -0.15) is 0 Å². The number of benzene rings is 2. The third-order valence-electron chi connectivity index (χ3n) is 7.21. The number of amides is 3. The number of nitrogens with one attached hydrogen (secondary N) is 3. The number of phenols is 1. The number of rotatable bonds is 15. The summed E-state index contributed by atoms with van der Waals surface area (Å²) in [5.41, 5.74) is 7.62. The Morgan fingerprint density at radius 3 is 1.70 bits per heavy atom. The van der Waals surface area contributed by atoms with Gasteiger partial charge in [0.1, 0.15) is 23.9 Å². The molecule has 6 unspecified atom stereocenters. The number of carboxylic acid groups (broad SMARTS) is 1. The molecule has 0 aliphatic rings. The molecule has 2 aromatic carbocycles. The van der Waals surface area contributed by atoms with E-state index >= 15 is 0 Å². The van der Waals surface area contributed by atoms with Crippen molar-refractivity contribution in [1.29, 1.82) is 0 Å². The van der Waals surface area contributed by atoms with E-state index < -0.39 is 47.9 Å². The van der Waals surface area contributed by atoms with Crippen LogP contribution in [0.4, 0.5) is 0 Å². The Hall–Kier alpha value is -3.92. The minimum atomic E-state index is -1.18. The second-order valence-corrected chi connectivity index (χ2v) is 10.3. The first-order chi connectivity index (χ1) is 19.0. The van der Waals surface area contributed by atoms with Gasteiger partial charge in [-0.05, 0) is 41.5 Å². The lowest BCUT2D eigenvalue weighted by Crippen LogP contribution is -2.60. The van der Waals surface area contributed by atoms with Gasteiger partial charge >= 0.3 is 5.97 Å². The molecule has 0 aromatic heterocycles. The van der Waals surface area contributed by atoms with Crippen LogP contribution in [0.15, 0.2) is 54.6 Å². The van der Waals surface area contributed by atoms with Crippen LogP contribution >= 0.6 is 0 Å². The molecule has 0 saturated carbocycles. The number of carboxylic acids is 1. The van der Waals surface area contributed by atoms with Gasteiger partial charge < -0.3 is 31.9 Å². The molecule has 0 radical (unpaired) electrons. The third kappa shape index (κ3) is 9.68. The highest BCUT2D eigenvalue weighted by Gasteiger charge is 2.34. The largest absolute Gasteiger partial charge is 0.508 e. The fourth-order valence-electron chi connectivity index (χ4n) is 4.20. The van der Waals surface area contributed by atoms with Crippen molar-refractivity contribution < 1.29 is 29.4 Å². The number of hydrogen-bond acceptors (Lipinski definition) is 6. The fraction of sp³-hybridized carbons (Fsp3) is 0.467. The summed E-state index contributed by atoms with van der Waals surface area (Å²) in [6, 6.07) is 11.2. The van der Waals surface area contributed by atoms with E-state index in [2.05, 4.69) is 16.0 Å². The van der Waals surface area contributed by atoms with Crippen molar-refractivity contribution in [2.75, 3.05) is 0 Å². The van der Waals surface area contributed by atoms with Crippen molar-refractivity contribution in [3.8, 4) is 5.75 Å². The first kappa shape index (κ1) is 32.3. The van der Waals surface area contributed by atoms with E-state index in [-0.39, 0.29) is 30.4 Å². The molecular formula is C30H42N4O6. The second kappa shape index (κ2) is 15.6. The standard InChI is InChI=1S/C30H42N4O6/c1-5-18(3)25(28(37)32-24(30(39)40)17-20-10-8-7-9-11-20)34-29(38)26(19(4)6-2)33-27(36)23(31)16-21-12-14-22(35)15-13-21/h7-15,18-19,23-26,35H,5-6,16-17,31H2,1-4H3,(H,32,37)(H,33,36)(H,34,38)(H,39,40). The van der Waals surface area contributed by atoms with Crippen LogP contribution in [0.5, 0.6) is 5.75 Å². The minimum absolute atomic E-state index is 0.0908. The molecule has 10 nitrogen and oxygen atoms in total. The predicted octanol–water partition coefficient (Wildman–Crippen LogP) is 2.14. The number of phenolic OH excluding ortho intramolecular Hbond substituents is 1. The van der Waals surface area contributed by atoms with Crippen LogP contribution < -0.4 is 21.7 Å². The molecule has 0 heterocycles. The van der Waals surface area contributed by atoms with Gasteiger partial charge in [-0.1, -0.05) is 83.0 Å². The maximum atomic E-state index is 13.5. The SMILES string of the molecule is CCC(C)C(NC(=O)C(N)Cc1ccc(O)cc1)C(=O)NC(C(=O)NC(Cc1ccccc1)C(=O)O)C(C)CC. The zero-order valence-corrected chi connectivity index (χ0v) is 23.6. The monoisotopic (exact) mass is 554 g/mol. The molecule has 0 aliphatic heterocycles. The third-order valence-corrected chi connectivity index (χ3v) is 7.21. The van der Waals surface area contributed by atoms with Crippen molar-refractivity contribution in [1.82, 2.24) is 16.0 Å². The number of aromatic hydroxyl groups is 1. The van der Waals surface area contributed by atoms with Gasteiger partial charge in [-0.15, -0.1) is 0 Å². The maximum absolute atomic E-state index is 13.5. The number of carbonyl (C=O) groups is 4. The quantitative estimate of drug-likeness (QED) is 0.196. The summed E-state index contributed by atoms with van der Waals surface area (Å²) >= 11 is 0. The van der Waals surface area contributed by atoms with Crippen LogP contribution in [0.3, 0.4) is 0 Å². The molecule has 0 aliphatic carbocycles. The predicted molar refractivity (Wildman–Crippen MR) is 152 cm³/mol. The van der Waals surface area contributed by atoms with E-state index in [0.29, 0.717) is 12.8 Å². The molecule has 2 aromatic rings. The molecular weight excluding hydrogens is 512 g/mol. The summed E-state index contributed by atoms with van der Waals surface area (Å²) in [4.78, 5) is 51.6. The molecule has 2 rings (SSSR count). The lowest BCUT2D eigenvalue weighted by molar-refractivity contribution is -0.142. The molecule has 0 fully saturated rings. The smallest absolute Gasteiger partial charge is 0.326 e. The van der Waals surface area contributed by atoms with Gasteiger partial charge in [0.15, 0.2) is 0 Å². The lowest BCUT2D eigenvalue weighted by atomic mass is 9.94. The van der Waals surface area contributed by atoms with Crippen molar-refractivity contribution >= 4 is 23.7 Å². The summed E-state index contributed by atoms with van der Waals surface area (Å²) in [6.07, 6.45) is 1.42. The summed E-state index contributed by atoms with van der Waals surface area (Å²) in [7, 11) is 0. The van der Waals surface area contributed by atoms with E-state index in [0.717, 1.165) is 11.1 Å². The van der Waals surface area contributed by atoms with Crippen LogP contribution in [0, 0.1) is 11.8 Å². The summed E-state index contributed by atoms with van der Waals surface area (Å²) in [5.74, 6) is -3.33. The minimum Gasteiger partial charge on any atom is -0.508 e. The van der Waals surface area contributed by atoms with Gasteiger partial charge in [0.2, 0.25) is 17.7 Å². The van der Waals surface area contributed by atoms with Crippen LogP contribution in [0.25, 0.3) is 0 Å². The Morgan fingerprint density at radius 1 is 0.725 bits per heavy atom. The van der Waals surface area contributed by atoms with Crippen LogP contribution in [-0.4, -0.2) is 58.1 Å². The van der Waals surface area contributed by atoms with Crippen LogP contribution in [0.2, 0.25) is 0 Å². The Balaban J connectivity index is 2.15. The maximum Gasteiger partial charge on any atom is 0.326 e. The highest BCUT2D eigenvalue weighted by molar-refractivity contribution is 5.94. The number of nitrogens with two attached hydrogens (primary N) is 1. The zero-order chi connectivity index (χ0) is 29.8. The average Bonchev–Trinajstić information content (AvgIpc) is 2.94. The average molecular weight is 555 g/mol. The van der Waals surface area contributed by atoms with Gasteiger partial charge in [0, 0.05) is 6.42 Å². The van der Waals surface area contributed by atoms with E-state index in [1.807, 2.05) is 26.8 Å². The Morgan fingerprint density at radius 2 is 1.20 bits per heavy atom. The van der Waals surface area contributed by atoms with Crippen molar-refractivity contribution in [3.63, 3.8) is 0 Å². The number of aliphatic carboxylic acids is 1. The molecule has 0 bridgehead atoms. The molecule has 0 spiro atoms. The summed E-state index contributed by atoms with van der Waals surface area (Å²) < 4.78 is 0. The molecule has 7 N–H and O–H groups in total. The van der Waals surface area contributed by atoms with Crippen molar-refractivity contribution in [2.24, 2.45) is 17.6 Å². The Labute approximate surface area is 235 Å². The normalized spacial score (nSPS) is 15.5. The van der Waals surface area contributed by atoms with Crippen LogP contribution in [-0.2, 0) is 32.0 Å².